The summed E-state index contributed by atoms with van der Waals surface area (Å²) in [7, 11) is 0. The molecule has 1 heterocycles. The molecule has 0 aliphatic carbocycles. The Balaban J connectivity index is 1.63. The Morgan fingerprint density at radius 1 is 1.08 bits per heavy atom. The molecule has 0 bridgehead atoms. The van der Waals surface area contributed by atoms with Gasteiger partial charge in [0.15, 0.2) is 0 Å². The van der Waals surface area contributed by atoms with Crippen LogP contribution in [0.3, 0.4) is 0 Å². The highest BCUT2D eigenvalue weighted by molar-refractivity contribution is 6.31. The maximum atomic E-state index is 12.2. The number of hydrogen-bond donors (Lipinski definition) is 1. The molecule has 3 rings (SSSR count). The van der Waals surface area contributed by atoms with Crippen LogP contribution in [0, 0.1) is 0 Å². The van der Waals surface area contributed by atoms with Crippen molar-refractivity contribution in [2.45, 2.75) is 25.8 Å². The van der Waals surface area contributed by atoms with Gasteiger partial charge in [-0.2, -0.15) is 0 Å². The van der Waals surface area contributed by atoms with E-state index in [9.17, 15) is 9.59 Å². The second-order valence-corrected chi connectivity index (χ2v) is 6.23. The number of halogens is 1. The molecular formula is C19H19ClN2O2. The van der Waals surface area contributed by atoms with Gasteiger partial charge in [-0.3, -0.25) is 9.59 Å². The van der Waals surface area contributed by atoms with Crippen LogP contribution in [0.25, 0.3) is 0 Å². The van der Waals surface area contributed by atoms with Crippen molar-refractivity contribution in [2.24, 2.45) is 0 Å². The molecule has 0 spiro atoms. The van der Waals surface area contributed by atoms with E-state index in [0.29, 0.717) is 23.6 Å². The first-order valence-electron chi connectivity index (χ1n) is 8.07. The molecule has 2 aromatic rings. The maximum Gasteiger partial charge on any atom is 0.251 e. The summed E-state index contributed by atoms with van der Waals surface area (Å²) >= 11 is 6.09. The number of rotatable bonds is 4. The SMILES string of the molecule is O=C(NCc1ccccc1Cl)c1ccc(N2CCCCC2=O)cc1. The molecule has 1 aliphatic rings. The molecule has 2 aromatic carbocycles. The van der Waals surface area contributed by atoms with Crippen LogP contribution in [0.2, 0.25) is 5.02 Å². The summed E-state index contributed by atoms with van der Waals surface area (Å²) in [6.07, 6.45) is 2.57. The van der Waals surface area contributed by atoms with Gasteiger partial charge < -0.3 is 10.2 Å². The van der Waals surface area contributed by atoms with E-state index in [1.165, 1.54) is 0 Å². The number of anilines is 1. The Morgan fingerprint density at radius 2 is 1.83 bits per heavy atom. The van der Waals surface area contributed by atoms with E-state index in [-0.39, 0.29) is 11.8 Å². The lowest BCUT2D eigenvalue weighted by Crippen LogP contribution is -2.35. The normalized spacial score (nSPS) is 14.5. The van der Waals surface area contributed by atoms with Crippen LogP contribution in [-0.2, 0) is 11.3 Å². The van der Waals surface area contributed by atoms with Crippen LogP contribution in [0.4, 0.5) is 5.69 Å². The quantitative estimate of drug-likeness (QED) is 0.919. The summed E-state index contributed by atoms with van der Waals surface area (Å²) in [5.41, 5.74) is 2.29. The minimum Gasteiger partial charge on any atom is -0.348 e. The highest BCUT2D eigenvalue weighted by Gasteiger charge is 2.19. The minimum atomic E-state index is -0.161. The van der Waals surface area contributed by atoms with Crippen LogP contribution >= 0.6 is 11.6 Å². The number of piperidine rings is 1. The predicted molar refractivity (Wildman–Crippen MR) is 95.3 cm³/mol. The summed E-state index contributed by atoms with van der Waals surface area (Å²) < 4.78 is 0. The van der Waals surface area contributed by atoms with E-state index in [4.69, 9.17) is 11.6 Å². The van der Waals surface area contributed by atoms with Crippen molar-refractivity contribution in [1.29, 1.82) is 0 Å². The highest BCUT2D eigenvalue weighted by Crippen LogP contribution is 2.21. The van der Waals surface area contributed by atoms with Gasteiger partial charge in [-0.25, -0.2) is 0 Å². The Kier molecular flexibility index (Phi) is 5.16. The number of amides is 2. The number of benzene rings is 2. The van der Waals surface area contributed by atoms with Crippen molar-refractivity contribution < 1.29 is 9.59 Å². The number of nitrogens with zero attached hydrogens (tertiary/aromatic N) is 1. The smallest absolute Gasteiger partial charge is 0.251 e. The van der Waals surface area contributed by atoms with Gasteiger partial charge in [-0.1, -0.05) is 29.8 Å². The van der Waals surface area contributed by atoms with Gasteiger partial charge in [0.05, 0.1) is 0 Å². The Labute approximate surface area is 146 Å². The summed E-state index contributed by atoms with van der Waals surface area (Å²) in [4.78, 5) is 26.0. The number of nitrogens with one attached hydrogen (secondary N) is 1. The second-order valence-electron chi connectivity index (χ2n) is 5.82. The van der Waals surface area contributed by atoms with E-state index in [0.717, 1.165) is 30.6 Å². The molecule has 1 fully saturated rings. The largest absolute Gasteiger partial charge is 0.348 e. The zero-order chi connectivity index (χ0) is 16.9. The molecule has 5 heteroatoms. The standard InChI is InChI=1S/C19H19ClN2O2/c20-17-6-2-1-5-15(17)13-21-19(24)14-8-10-16(11-9-14)22-12-4-3-7-18(22)23/h1-2,5-6,8-11H,3-4,7,12-13H2,(H,21,24). The van der Waals surface area contributed by atoms with Gasteiger partial charge >= 0.3 is 0 Å². The Bertz CT molecular complexity index is 743. The summed E-state index contributed by atoms with van der Waals surface area (Å²) in [6, 6.07) is 14.6. The Morgan fingerprint density at radius 3 is 2.54 bits per heavy atom. The lowest BCUT2D eigenvalue weighted by molar-refractivity contribution is -0.119. The fraction of sp³-hybridized carbons (Fsp3) is 0.263. The van der Waals surface area contributed by atoms with E-state index in [1.54, 1.807) is 23.1 Å². The topological polar surface area (TPSA) is 49.4 Å². The summed E-state index contributed by atoms with van der Waals surface area (Å²) in [5.74, 6) is -0.0105. The summed E-state index contributed by atoms with van der Waals surface area (Å²) in [5, 5.41) is 3.50. The van der Waals surface area contributed by atoms with Crippen LogP contribution in [-0.4, -0.2) is 18.4 Å². The lowest BCUT2D eigenvalue weighted by Gasteiger charge is -2.26. The van der Waals surface area contributed by atoms with Gasteiger partial charge in [0.25, 0.3) is 5.91 Å². The molecule has 0 unspecified atom stereocenters. The molecule has 0 radical (unpaired) electrons. The van der Waals surface area contributed by atoms with Crippen molar-refractivity contribution in [1.82, 2.24) is 5.32 Å². The van der Waals surface area contributed by atoms with Crippen molar-refractivity contribution in [3.63, 3.8) is 0 Å². The molecule has 0 aromatic heterocycles. The third-order valence-electron chi connectivity index (χ3n) is 4.16. The zero-order valence-corrected chi connectivity index (χ0v) is 14.1. The van der Waals surface area contributed by atoms with E-state index >= 15 is 0 Å². The fourth-order valence-electron chi connectivity index (χ4n) is 2.79. The van der Waals surface area contributed by atoms with Crippen LogP contribution in [0.5, 0.6) is 0 Å². The average molecular weight is 343 g/mol. The highest BCUT2D eigenvalue weighted by atomic mass is 35.5. The van der Waals surface area contributed by atoms with Gasteiger partial charge in [0, 0.05) is 35.8 Å². The maximum absolute atomic E-state index is 12.2. The first kappa shape index (κ1) is 16.5. The fourth-order valence-corrected chi connectivity index (χ4v) is 2.99. The van der Waals surface area contributed by atoms with Gasteiger partial charge in [0.1, 0.15) is 0 Å². The molecule has 2 amide bonds. The van der Waals surface area contributed by atoms with Crippen molar-refractivity contribution in [2.75, 3.05) is 11.4 Å². The molecule has 1 aliphatic heterocycles. The average Bonchev–Trinajstić information content (AvgIpc) is 2.61. The van der Waals surface area contributed by atoms with Crippen LogP contribution in [0.1, 0.15) is 35.2 Å². The Hall–Kier alpha value is -2.33. The van der Waals surface area contributed by atoms with E-state index in [2.05, 4.69) is 5.32 Å². The number of carbonyl (C=O) groups is 2. The zero-order valence-electron chi connectivity index (χ0n) is 13.3. The molecular weight excluding hydrogens is 324 g/mol. The molecule has 0 atom stereocenters. The molecule has 4 nitrogen and oxygen atoms in total. The van der Waals surface area contributed by atoms with Gasteiger partial charge in [-0.05, 0) is 48.7 Å². The minimum absolute atomic E-state index is 0.150. The van der Waals surface area contributed by atoms with Gasteiger partial charge in [0.2, 0.25) is 5.91 Å². The van der Waals surface area contributed by atoms with E-state index in [1.807, 2.05) is 30.3 Å². The third kappa shape index (κ3) is 3.77. The molecule has 1 saturated heterocycles. The first-order chi connectivity index (χ1) is 11.6. The molecule has 1 N–H and O–H groups in total. The molecule has 0 saturated carbocycles. The first-order valence-corrected chi connectivity index (χ1v) is 8.45. The van der Waals surface area contributed by atoms with Crippen molar-refractivity contribution in [3.05, 3.63) is 64.7 Å². The molecule has 124 valence electrons. The number of hydrogen-bond acceptors (Lipinski definition) is 2. The van der Waals surface area contributed by atoms with E-state index < -0.39 is 0 Å². The van der Waals surface area contributed by atoms with Gasteiger partial charge in [-0.15, -0.1) is 0 Å². The second kappa shape index (κ2) is 7.49. The summed E-state index contributed by atoms with van der Waals surface area (Å²) in [6.45, 7) is 1.13. The van der Waals surface area contributed by atoms with Crippen molar-refractivity contribution in [3.8, 4) is 0 Å². The van der Waals surface area contributed by atoms with Crippen LogP contribution in [0.15, 0.2) is 48.5 Å². The monoisotopic (exact) mass is 342 g/mol. The lowest BCUT2D eigenvalue weighted by atomic mass is 10.1. The number of carbonyl (C=O) groups excluding carboxylic acids is 2. The van der Waals surface area contributed by atoms with Crippen LogP contribution < -0.4 is 10.2 Å². The predicted octanol–water partition coefficient (Wildman–Crippen LogP) is 3.79. The molecule has 24 heavy (non-hydrogen) atoms. The third-order valence-corrected chi connectivity index (χ3v) is 4.53. The van der Waals surface area contributed by atoms with Crippen molar-refractivity contribution >= 4 is 29.1 Å².